The van der Waals surface area contributed by atoms with E-state index < -0.39 is 0 Å². The number of hydrogen-bond acceptors (Lipinski definition) is 4. The van der Waals surface area contributed by atoms with E-state index in [-0.39, 0.29) is 18.4 Å². The van der Waals surface area contributed by atoms with Gasteiger partial charge in [-0.05, 0) is 54.8 Å². The minimum atomic E-state index is -0.185. The monoisotopic (exact) mass is 459 g/mol. The van der Waals surface area contributed by atoms with Crippen molar-refractivity contribution in [2.24, 2.45) is 0 Å². The van der Waals surface area contributed by atoms with Crippen LogP contribution in [0, 0.1) is 0 Å². The largest absolute Gasteiger partial charge is 0.487 e. The number of benzene rings is 3. The van der Waals surface area contributed by atoms with E-state index in [2.05, 4.69) is 24.5 Å². The van der Waals surface area contributed by atoms with Crippen molar-refractivity contribution < 1.29 is 14.3 Å². The Morgan fingerprint density at radius 1 is 0.824 bits per heavy atom. The van der Waals surface area contributed by atoms with Crippen LogP contribution in [0.2, 0.25) is 0 Å². The van der Waals surface area contributed by atoms with Gasteiger partial charge in [0.25, 0.3) is 5.91 Å². The van der Waals surface area contributed by atoms with Crippen molar-refractivity contribution in [3.05, 3.63) is 90.0 Å². The Kier molecular flexibility index (Phi) is 9.52. The average Bonchev–Trinajstić information content (AvgIpc) is 2.87. The highest BCUT2D eigenvalue weighted by atomic mass is 16.5. The van der Waals surface area contributed by atoms with Crippen LogP contribution in [0.1, 0.15) is 42.6 Å². The van der Waals surface area contributed by atoms with Gasteiger partial charge in [-0.2, -0.15) is 0 Å². The molecule has 6 nitrogen and oxygen atoms in total. The Morgan fingerprint density at radius 3 is 2.15 bits per heavy atom. The van der Waals surface area contributed by atoms with Gasteiger partial charge in [-0.3, -0.25) is 9.59 Å². The van der Waals surface area contributed by atoms with Crippen molar-refractivity contribution >= 4 is 23.2 Å². The maximum Gasteiger partial charge on any atom is 0.253 e. The summed E-state index contributed by atoms with van der Waals surface area (Å²) in [7, 11) is 0. The molecule has 34 heavy (non-hydrogen) atoms. The summed E-state index contributed by atoms with van der Waals surface area (Å²) in [5.41, 5.74) is 3.10. The average molecular weight is 460 g/mol. The van der Waals surface area contributed by atoms with Crippen molar-refractivity contribution in [3.63, 3.8) is 0 Å². The second-order valence-corrected chi connectivity index (χ2v) is 8.04. The van der Waals surface area contributed by atoms with E-state index in [9.17, 15) is 9.59 Å². The topological polar surface area (TPSA) is 70.7 Å². The van der Waals surface area contributed by atoms with Crippen LogP contribution in [0.25, 0.3) is 0 Å². The summed E-state index contributed by atoms with van der Waals surface area (Å²) in [5.74, 6) is 0.525. The number of rotatable bonds is 12. The van der Waals surface area contributed by atoms with Crippen LogP contribution >= 0.6 is 0 Å². The molecule has 0 aliphatic heterocycles. The quantitative estimate of drug-likeness (QED) is 0.371. The summed E-state index contributed by atoms with van der Waals surface area (Å²) in [5, 5.41) is 6.01. The molecule has 6 heteroatoms. The van der Waals surface area contributed by atoms with Gasteiger partial charge < -0.3 is 20.3 Å². The van der Waals surface area contributed by atoms with Gasteiger partial charge in [0.05, 0.1) is 12.2 Å². The van der Waals surface area contributed by atoms with Crippen LogP contribution in [0.3, 0.4) is 0 Å². The van der Waals surface area contributed by atoms with Crippen molar-refractivity contribution in [1.29, 1.82) is 0 Å². The number of carbonyl (C=O) groups is 2. The van der Waals surface area contributed by atoms with Gasteiger partial charge >= 0.3 is 0 Å². The molecule has 0 heterocycles. The molecule has 0 spiro atoms. The van der Waals surface area contributed by atoms with Gasteiger partial charge in [-0.25, -0.2) is 0 Å². The first-order chi connectivity index (χ1) is 16.6. The highest BCUT2D eigenvalue weighted by Crippen LogP contribution is 2.24. The van der Waals surface area contributed by atoms with E-state index >= 15 is 0 Å². The van der Waals surface area contributed by atoms with Crippen molar-refractivity contribution in [2.75, 3.05) is 30.3 Å². The molecule has 0 aliphatic carbocycles. The standard InChI is InChI=1S/C28H33N3O3/c1-3-18-31(19-4-2)28(33)23-14-16-24(17-15-23)30-27(32)20-29-25-12-8-9-13-26(25)34-21-22-10-6-5-7-11-22/h5-17,29H,3-4,18-21H2,1-2H3,(H,30,32). The van der Waals surface area contributed by atoms with Gasteiger partial charge in [-0.1, -0.05) is 56.3 Å². The lowest BCUT2D eigenvalue weighted by Gasteiger charge is -2.21. The van der Waals surface area contributed by atoms with E-state index in [1.807, 2.05) is 59.5 Å². The van der Waals surface area contributed by atoms with Crippen LogP contribution in [0.5, 0.6) is 5.75 Å². The number of hydrogen-bond donors (Lipinski definition) is 2. The molecule has 0 fully saturated rings. The van der Waals surface area contributed by atoms with E-state index in [0.29, 0.717) is 23.6 Å². The summed E-state index contributed by atoms with van der Waals surface area (Å²) < 4.78 is 5.93. The third kappa shape index (κ3) is 7.37. The molecule has 2 N–H and O–H groups in total. The Bertz CT molecular complexity index is 1050. The minimum Gasteiger partial charge on any atom is -0.487 e. The second kappa shape index (κ2) is 13.0. The van der Waals surface area contributed by atoms with E-state index in [0.717, 1.165) is 37.2 Å². The maximum atomic E-state index is 12.7. The zero-order valence-electron chi connectivity index (χ0n) is 19.9. The molecule has 178 valence electrons. The van der Waals surface area contributed by atoms with Crippen molar-refractivity contribution in [2.45, 2.75) is 33.3 Å². The highest BCUT2D eigenvalue weighted by Gasteiger charge is 2.14. The fourth-order valence-corrected chi connectivity index (χ4v) is 3.59. The lowest BCUT2D eigenvalue weighted by molar-refractivity contribution is -0.114. The predicted octanol–water partition coefficient (Wildman–Crippen LogP) is 5.58. The summed E-state index contributed by atoms with van der Waals surface area (Å²) in [4.78, 5) is 27.1. The Morgan fingerprint density at radius 2 is 1.47 bits per heavy atom. The number of nitrogens with one attached hydrogen (secondary N) is 2. The molecule has 0 aliphatic rings. The van der Waals surface area contributed by atoms with Gasteiger partial charge in [0, 0.05) is 24.3 Å². The van der Waals surface area contributed by atoms with Gasteiger partial charge in [-0.15, -0.1) is 0 Å². The SMILES string of the molecule is CCCN(CCC)C(=O)c1ccc(NC(=O)CNc2ccccc2OCc2ccccc2)cc1. The summed E-state index contributed by atoms with van der Waals surface area (Å²) >= 11 is 0. The van der Waals surface area contributed by atoms with Crippen LogP contribution in [0.15, 0.2) is 78.9 Å². The van der Waals surface area contributed by atoms with Gasteiger partial charge in [0.1, 0.15) is 12.4 Å². The number of amides is 2. The van der Waals surface area contributed by atoms with Crippen molar-refractivity contribution in [1.82, 2.24) is 4.90 Å². The second-order valence-electron chi connectivity index (χ2n) is 8.04. The molecule has 2 amide bonds. The van der Waals surface area contributed by atoms with Gasteiger partial charge in [0.15, 0.2) is 0 Å². The molecule has 0 atom stereocenters. The normalized spacial score (nSPS) is 10.4. The number of carbonyl (C=O) groups excluding carboxylic acids is 2. The van der Waals surface area contributed by atoms with Crippen LogP contribution < -0.4 is 15.4 Å². The van der Waals surface area contributed by atoms with Crippen molar-refractivity contribution in [3.8, 4) is 5.75 Å². The first-order valence-electron chi connectivity index (χ1n) is 11.8. The highest BCUT2D eigenvalue weighted by molar-refractivity contribution is 5.96. The molecular weight excluding hydrogens is 426 g/mol. The van der Waals surface area contributed by atoms with Crippen LogP contribution in [-0.4, -0.2) is 36.3 Å². The lowest BCUT2D eigenvalue weighted by Crippen LogP contribution is -2.32. The lowest BCUT2D eigenvalue weighted by atomic mass is 10.1. The minimum absolute atomic E-state index is 0.0235. The molecule has 0 aromatic heterocycles. The van der Waals surface area contributed by atoms with E-state index in [4.69, 9.17) is 4.74 Å². The fourth-order valence-electron chi connectivity index (χ4n) is 3.59. The Balaban J connectivity index is 1.53. The zero-order chi connectivity index (χ0) is 24.2. The van der Waals surface area contributed by atoms with E-state index in [1.165, 1.54) is 0 Å². The van der Waals surface area contributed by atoms with Crippen LogP contribution in [0.4, 0.5) is 11.4 Å². The summed E-state index contributed by atoms with van der Waals surface area (Å²) in [6, 6.07) is 24.5. The fraction of sp³-hybridized carbons (Fsp3) is 0.286. The predicted molar refractivity (Wildman–Crippen MR) is 137 cm³/mol. The first-order valence-corrected chi connectivity index (χ1v) is 11.8. The van der Waals surface area contributed by atoms with Gasteiger partial charge in [0.2, 0.25) is 5.91 Å². The summed E-state index contributed by atoms with van der Waals surface area (Å²) in [6.45, 7) is 6.16. The number of nitrogens with zero attached hydrogens (tertiary/aromatic N) is 1. The molecule has 0 bridgehead atoms. The number of ether oxygens (including phenoxy) is 1. The number of anilines is 2. The molecule has 0 unspecified atom stereocenters. The molecular formula is C28H33N3O3. The third-order valence-corrected chi connectivity index (χ3v) is 5.25. The molecule has 0 radical (unpaired) electrons. The Hall–Kier alpha value is -3.80. The number of para-hydroxylation sites is 2. The maximum absolute atomic E-state index is 12.7. The van der Waals surface area contributed by atoms with Crippen LogP contribution in [-0.2, 0) is 11.4 Å². The summed E-state index contributed by atoms with van der Waals surface area (Å²) in [6.07, 6.45) is 1.85. The molecule has 3 aromatic rings. The molecule has 3 aromatic carbocycles. The first kappa shape index (κ1) is 24.8. The third-order valence-electron chi connectivity index (χ3n) is 5.25. The Labute approximate surface area is 201 Å². The molecule has 0 saturated carbocycles. The van der Waals surface area contributed by atoms with E-state index in [1.54, 1.807) is 24.3 Å². The molecule has 3 rings (SSSR count). The smallest absolute Gasteiger partial charge is 0.253 e. The zero-order valence-corrected chi connectivity index (χ0v) is 19.9. The molecule has 0 saturated heterocycles.